The molecule has 1 saturated heterocycles. The molecule has 3 N–H and O–H groups in total. The number of furan rings is 1. The van der Waals surface area contributed by atoms with E-state index in [1.807, 2.05) is 6.07 Å². The number of nitrogen functional groups attached to an aromatic ring is 1. The number of benzene rings is 1. The first kappa shape index (κ1) is 13.9. The van der Waals surface area contributed by atoms with Gasteiger partial charge in [0.15, 0.2) is 0 Å². The summed E-state index contributed by atoms with van der Waals surface area (Å²) in [5, 5.41) is 0. The minimum atomic E-state index is -0.325. The Hall–Kier alpha value is -2.11. The third kappa shape index (κ3) is 3.15. The van der Waals surface area contributed by atoms with Gasteiger partial charge in [-0.1, -0.05) is 30.3 Å². The standard InChI is InChI=1S/C16H19N3O2/c17-18-16(20)14-8-15(21-11-14)10-19-7-6-13(9-19)12-4-2-1-3-5-12/h1-5,8,11,13H,6-7,9-10,17H2,(H,18,20). The number of hydrogen-bond acceptors (Lipinski definition) is 4. The van der Waals surface area contributed by atoms with Gasteiger partial charge in [-0.3, -0.25) is 15.1 Å². The summed E-state index contributed by atoms with van der Waals surface area (Å²) >= 11 is 0. The Kier molecular flexibility index (Phi) is 4.03. The monoisotopic (exact) mass is 285 g/mol. The summed E-state index contributed by atoms with van der Waals surface area (Å²) in [7, 11) is 0. The number of rotatable bonds is 4. The Morgan fingerprint density at radius 3 is 2.95 bits per heavy atom. The molecule has 1 aromatic heterocycles. The highest BCUT2D eigenvalue weighted by Crippen LogP contribution is 2.28. The minimum Gasteiger partial charge on any atom is -0.467 e. The molecular formula is C16H19N3O2. The van der Waals surface area contributed by atoms with Crippen LogP contribution in [-0.4, -0.2) is 23.9 Å². The van der Waals surface area contributed by atoms with Gasteiger partial charge >= 0.3 is 0 Å². The van der Waals surface area contributed by atoms with Crippen LogP contribution in [-0.2, 0) is 6.54 Å². The summed E-state index contributed by atoms with van der Waals surface area (Å²) in [5.41, 5.74) is 3.96. The average molecular weight is 285 g/mol. The maximum absolute atomic E-state index is 11.4. The van der Waals surface area contributed by atoms with E-state index in [-0.39, 0.29) is 5.91 Å². The molecule has 1 aromatic carbocycles. The van der Waals surface area contributed by atoms with Crippen LogP contribution >= 0.6 is 0 Å². The van der Waals surface area contributed by atoms with Gasteiger partial charge in [0.05, 0.1) is 12.1 Å². The Balaban J connectivity index is 1.60. The smallest absolute Gasteiger partial charge is 0.268 e. The van der Waals surface area contributed by atoms with E-state index in [4.69, 9.17) is 10.3 Å². The second-order valence-corrected chi connectivity index (χ2v) is 5.41. The van der Waals surface area contributed by atoms with Crippen LogP contribution in [0.5, 0.6) is 0 Å². The highest BCUT2D eigenvalue weighted by molar-refractivity contribution is 5.93. The molecule has 1 unspecified atom stereocenters. The van der Waals surface area contributed by atoms with Gasteiger partial charge < -0.3 is 4.42 Å². The van der Waals surface area contributed by atoms with Crippen molar-refractivity contribution in [2.24, 2.45) is 5.84 Å². The molecule has 5 heteroatoms. The number of carbonyl (C=O) groups excluding carboxylic acids is 1. The summed E-state index contributed by atoms with van der Waals surface area (Å²) in [6.45, 7) is 2.78. The molecule has 1 amide bonds. The van der Waals surface area contributed by atoms with Crippen LogP contribution in [0.3, 0.4) is 0 Å². The molecule has 0 bridgehead atoms. The lowest BCUT2D eigenvalue weighted by Crippen LogP contribution is -2.29. The van der Waals surface area contributed by atoms with Crippen LogP contribution in [0.1, 0.15) is 34.0 Å². The molecule has 110 valence electrons. The van der Waals surface area contributed by atoms with E-state index in [1.54, 1.807) is 6.07 Å². The van der Waals surface area contributed by atoms with Gasteiger partial charge in [-0.05, 0) is 30.5 Å². The number of carbonyl (C=O) groups is 1. The molecule has 1 aliphatic rings. The van der Waals surface area contributed by atoms with Crippen molar-refractivity contribution >= 4 is 5.91 Å². The second-order valence-electron chi connectivity index (χ2n) is 5.41. The van der Waals surface area contributed by atoms with Crippen LogP contribution < -0.4 is 11.3 Å². The van der Waals surface area contributed by atoms with Gasteiger partial charge in [0, 0.05) is 6.54 Å². The number of nitrogens with zero attached hydrogens (tertiary/aromatic N) is 1. The van der Waals surface area contributed by atoms with Crippen molar-refractivity contribution in [2.75, 3.05) is 13.1 Å². The lowest BCUT2D eigenvalue weighted by molar-refractivity contribution is 0.0953. The van der Waals surface area contributed by atoms with E-state index < -0.39 is 0 Å². The van der Waals surface area contributed by atoms with Gasteiger partial charge in [-0.25, -0.2) is 5.84 Å². The molecule has 1 aliphatic heterocycles. The van der Waals surface area contributed by atoms with Crippen LogP contribution in [0.4, 0.5) is 0 Å². The van der Waals surface area contributed by atoms with Gasteiger partial charge in [0.1, 0.15) is 12.0 Å². The summed E-state index contributed by atoms with van der Waals surface area (Å²) in [4.78, 5) is 13.7. The predicted octanol–water partition coefficient (Wildman–Crippen LogP) is 1.87. The molecule has 1 fully saturated rings. The van der Waals surface area contributed by atoms with Crippen molar-refractivity contribution < 1.29 is 9.21 Å². The van der Waals surface area contributed by atoms with Crippen molar-refractivity contribution in [1.82, 2.24) is 10.3 Å². The quantitative estimate of drug-likeness (QED) is 0.511. The van der Waals surface area contributed by atoms with Gasteiger partial charge in [0.2, 0.25) is 0 Å². The SMILES string of the molecule is NNC(=O)c1coc(CN2CCC(c3ccccc3)C2)c1. The molecule has 3 rings (SSSR count). The summed E-state index contributed by atoms with van der Waals surface area (Å²) in [6, 6.07) is 12.3. The molecule has 0 saturated carbocycles. The molecule has 0 spiro atoms. The topological polar surface area (TPSA) is 71.5 Å². The summed E-state index contributed by atoms with van der Waals surface area (Å²) in [6.07, 6.45) is 2.60. The number of amides is 1. The summed E-state index contributed by atoms with van der Waals surface area (Å²) < 4.78 is 5.43. The van der Waals surface area contributed by atoms with Crippen LogP contribution in [0.2, 0.25) is 0 Å². The fourth-order valence-corrected chi connectivity index (χ4v) is 2.86. The molecule has 2 heterocycles. The minimum absolute atomic E-state index is 0.325. The number of hydrazine groups is 1. The highest BCUT2D eigenvalue weighted by Gasteiger charge is 2.24. The molecule has 5 nitrogen and oxygen atoms in total. The van der Waals surface area contributed by atoms with E-state index in [9.17, 15) is 4.79 Å². The largest absolute Gasteiger partial charge is 0.467 e. The van der Waals surface area contributed by atoms with E-state index in [1.165, 1.54) is 11.8 Å². The molecule has 21 heavy (non-hydrogen) atoms. The number of nitrogens with two attached hydrogens (primary N) is 1. The van der Waals surface area contributed by atoms with Crippen molar-refractivity contribution in [2.45, 2.75) is 18.9 Å². The van der Waals surface area contributed by atoms with Crippen molar-refractivity contribution in [3.05, 3.63) is 59.5 Å². The first-order chi connectivity index (χ1) is 10.3. The average Bonchev–Trinajstić information content (AvgIpc) is 3.17. The van der Waals surface area contributed by atoms with Gasteiger partial charge in [-0.2, -0.15) is 0 Å². The Morgan fingerprint density at radius 1 is 1.38 bits per heavy atom. The first-order valence-corrected chi connectivity index (χ1v) is 7.12. The zero-order chi connectivity index (χ0) is 14.7. The Morgan fingerprint density at radius 2 is 2.19 bits per heavy atom. The Bertz CT molecular complexity index is 609. The molecule has 1 atom stereocenters. The molecular weight excluding hydrogens is 266 g/mol. The van der Waals surface area contributed by atoms with Crippen LogP contribution in [0, 0.1) is 0 Å². The number of nitrogens with one attached hydrogen (secondary N) is 1. The van der Waals surface area contributed by atoms with E-state index in [0.717, 1.165) is 31.8 Å². The molecule has 0 radical (unpaired) electrons. The zero-order valence-electron chi connectivity index (χ0n) is 11.8. The zero-order valence-corrected chi connectivity index (χ0v) is 11.8. The normalized spacial score (nSPS) is 18.8. The highest BCUT2D eigenvalue weighted by atomic mass is 16.3. The van der Waals surface area contributed by atoms with Crippen LogP contribution in [0.15, 0.2) is 47.1 Å². The molecule has 2 aromatic rings. The van der Waals surface area contributed by atoms with E-state index >= 15 is 0 Å². The van der Waals surface area contributed by atoms with E-state index in [0.29, 0.717) is 11.5 Å². The van der Waals surface area contributed by atoms with Gasteiger partial charge in [-0.15, -0.1) is 0 Å². The maximum Gasteiger partial charge on any atom is 0.268 e. The van der Waals surface area contributed by atoms with Crippen molar-refractivity contribution in [1.29, 1.82) is 0 Å². The third-order valence-corrected chi connectivity index (χ3v) is 3.97. The number of likely N-dealkylation sites (tertiary alicyclic amines) is 1. The van der Waals surface area contributed by atoms with Gasteiger partial charge in [0.25, 0.3) is 5.91 Å². The second kappa shape index (κ2) is 6.11. The maximum atomic E-state index is 11.4. The number of hydrogen-bond donors (Lipinski definition) is 2. The fraction of sp³-hybridized carbons (Fsp3) is 0.312. The van der Waals surface area contributed by atoms with Crippen molar-refractivity contribution in [3.63, 3.8) is 0 Å². The van der Waals surface area contributed by atoms with E-state index in [2.05, 4.69) is 34.6 Å². The summed E-state index contributed by atoms with van der Waals surface area (Å²) in [5.74, 6) is 6.15. The van der Waals surface area contributed by atoms with Crippen LogP contribution in [0.25, 0.3) is 0 Å². The first-order valence-electron chi connectivity index (χ1n) is 7.12. The fourth-order valence-electron chi connectivity index (χ4n) is 2.86. The third-order valence-electron chi connectivity index (χ3n) is 3.97. The predicted molar refractivity (Wildman–Crippen MR) is 79.4 cm³/mol. The van der Waals surface area contributed by atoms with Crippen molar-refractivity contribution in [3.8, 4) is 0 Å². The Labute approximate surface area is 123 Å². The molecule has 0 aliphatic carbocycles. The lowest BCUT2D eigenvalue weighted by Gasteiger charge is -2.14. The lowest BCUT2D eigenvalue weighted by atomic mass is 9.99.